The number of halogens is 1. The molecule has 0 spiro atoms. The molecule has 0 unspecified atom stereocenters. The molecule has 1 saturated carbocycles. The Morgan fingerprint density at radius 2 is 1.93 bits per heavy atom. The van der Waals surface area contributed by atoms with E-state index in [1.165, 1.54) is 12.1 Å². The summed E-state index contributed by atoms with van der Waals surface area (Å²) in [6.07, 6.45) is 0.903. The third kappa shape index (κ3) is 1.86. The molecule has 1 aromatic carbocycles. The van der Waals surface area contributed by atoms with E-state index in [4.69, 9.17) is 5.26 Å². The average molecular weight is 205 g/mol. The fourth-order valence-electron chi connectivity index (χ4n) is 2.26. The highest BCUT2D eigenvalue weighted by molar-refractivity contribution is 5.25. The molecule has 0 bridgehead atoms. The number of aliphatic hydroxyl groups is 1. The lowest BCUT2D eigenvalue weighted by Crippen LogP contribution is -2.16. The Morgan fingerprint density at radius 3 is 2.53 bits per heavy atom. The molecule has 78 valence electrons. The van der Waals surface area contributed by atoms with Crippen LogP contribution >= 0.6 is 0 Å². The number of nitrogens with zero attached hydrogens (tertiary/aromatic N) is 1. The van der Waals surface area contributed by atoms with E-state index in [1.807, 2.05) is 0 Å². The molecule has 1 fully saturated rings. The molecule has 3 atom stereocenters. The maximum Gasteiger partial charge on any atom is 0.123 e. The highest BCUT2D eigenvalue weighted by Gasteiger charge is 2.35. The van der Waals surface area contributed by atoms with Crippen LogP contribution in [0.1, 0.15) is 24.3 Å². The summed E-state index contributed by atoms with van der Waals surface area (Å²) >= 11 is 0. The molecular weight excluding hydrogens is 193 g/mol. The average Bonchev–Trinajstić information content (AvgIpc) is 2.61. The van der Waals surface area contributed by atoms with Gasteiger partial charge in [0.1, 0.15) is 5.82 Å². The summed E-state index contributed by atoms with van der Waals surface area (Å²) < 4.78 is 12.7. The van der Waals surface area contributed by atoms with Crippen molar-refractivity contribution in [3.8, 4) is 6.07 Å². The predicted molar refractivity (Wildman–Crippen MR) is 53.5 cm³/mol. The Kier molecular flexibility index (Phi) is 2.70. The van der Waals surface area contributed by atoms with Crippen molar-refractivity contribution >= 4 is 0 Å². The smallest absolute Gasteiger partial charge is 0.123 e. The van der Waals surface area contributed by atoms with Crippen LogP contribution in [0, 0.1) is 23.1 Å². The summed E-state index contributed by atoms with van der Waals surface area (Å²) in [5.74, 6) is -0.596. The SMILES string of the molecule is N#C[C@@H]1CC[C@H](O)[C@H]1c1ccc(F)cc1. The second-order valence-corrected chi connectivity index (χ2v) is 3.96. The van der Waals surface area contributed by atoms with Gasteiger partial charge in [0.25, 0.3) is 0 Å². The topological polar surface area (TPSA) is 44.0 Å². The monoisotopic (exact) mass is 205 g/mol. The van der Waals surface area contributed by atoms with Crippen molar-refractivity contribution in [1.82, 2.24) is 0 Å². The maximum absolute atomic E-state index is 12.7. The third-order valence-corrected chi connectivity index (χ3v) is 3.04. The number of nitriles is 1. The van der Waals surface area contributed by atoms with E-state index >= 15 is 0 Å². The fourth-order valence-corrected chi connectivity index (χ4v) is 2.26. The molecule has 2 rings (SSSR count). The fraction of sp³-hybridized carbons (Fsp3) is 0.417. The normalized spacial score (nSPS) is 30.1. The van der Waals surface area contributed by atoms with Gasteiger partial charge in [-0.2, -0.15) is 5.26 Å². The number of benzene rings is 1. The van der Waals surface area contributed by atoms with Crippen molar-refractivity contribution in [2.75, 3.05) is 0 Å². The highest BCUT2D eigenvalue weighted by Crippen LogP contribution is 2.39. The summed E-state index contributed by atoms with van der Waals surface area (Å²) in [5.41, 5.74) is 0.855. The van der Waals surface area contributed by atoms with E-state index in [0.717, 1.165) is 12.0 Å². The lowest BCUT2D eigenvalue weighted by Gasteiger charge is -2.17. The van der Waals surface area contributed by atoms with Gasteiger partial charge in [0.2, 0.25) is 0 Å². The Labute approximate surface area is 88.0 Å². The molecular formula is C12H12FNO. The Morgan fingerprint density at radius 1 is 1.27 bits per heavy atom. The van der Waals surface area contributed by atoms with Crippen LogP contribution in [-0.4, -0.2) is 11.2 Å². The number of aliphatic hydroxyl groups excluding tert-OH is 1. The molecule has 0 aromatic heterocycles. The van der Waals surface area contributed by atoms with Crippen LogP contribution in [0.4, 0.5) is 4.39 Å². The zero-order chi connectivity index (χ0) is 10.8. The quantitative estimate of drug-likeness (QED) is 0.763. The van der Waals surface area contributed by atoms with Crippen LogP contribution in [0.5, 0.6) is 0 Å². The van der Waals surface area contributed by atoms with Gasteiger partial charge in [-0.3, -0.25) is 0 Å². The minimum atomic E-state index is -0.472. The summed E-state index contributed by atoms with van der Waals surface area (Å²) in [6.45, 7) is 0. The van der Waals surface area contributed by atoms with Crippen molar-refractivity contribution in [2.24, 2.45) is 5.92 Å². The molecule has 0 radical (unpaired) electrons. The van der Waals surface area contributed by atoms with Crippen molar-refractivity contribution in [3.05, 3.63) is 35.6 Å². The molecule has 15 heavy (non-hydrogen) atoms. The predicted octanol–water partition coefficient (Wildman–Crippen LogP) is 2.20. The third-order valence-electron chi connectivity index (χ3n) is 3.04. The molecule has 1 N–H and O–H groups in total. The molecule has 0 aliphatic heterocycles. The van der Waals surface area contributed by atoms with Gasteiger partial charge in [0.05, 0.1) is 18.1 Å². The number of hydrogen-bond donors (Lipinski definition) is 1. The van der Waals surface area contributed by atoms with Crippen LogP contribution in [-0.2, 0) is 0 Å². The second kappa shape index (κ2) is 4.00. The van der Waals surface area contributed by atoms with Gasteiger partial charge >= 0.3 is 0 Å². The largest absolute Gasteiger partial charge is 0.392 e. The Balaban J connectivity index is 2.29. The zero-order valence-corrected chi connectivity index (χ0v) is 8.23. The van der Waals surface area contributed by atoms with Crippen LogP contribution < -0.4 is 0 Å². The zero-order valence-electron chi connectivity index (χ0n) is 8.23. The number of hydrogen-bond acceptors (Lipinski definition) is 2. The first kappa shape index (κ1) is 10.1. The second-order valence-electron chi connectivity index (χ2n) is 3.96. The molecule has 2 nitrogen and oxygen atoms in total. The van der Waals surface area contributed by atoms with Crippen LogP contribution in [0.3, 0.4) is 0 Å². The standard InChI is InChI=1S/C12H12FNO/c13-10-4-1-8(2-5-10)12-9(7-14)3-6-11(12)15/h1-2,4-5,9,11-12,15H,3,6H2/t9-,11-,12-/m0/s1. The molecule has 1 aliphatic carbocycles. The van der Waals surface area contributed by atoms with Gasteiger partial charge < -0.3 is 5.11 Å². The van der Waals surface area contributed by atoms with E-state index in [9.17, 15) is 9.50 Å². The summed E-state index contributed by atoms with van der Waals surface area (Å²) in [5, 5.41) is 18.7. The lowest BCUT2D eigenvalue weighted by atomic mass is 9.88. The van der Waals surface area contributed by atoms with Gasteiger partial charge in [-0.05, 0) is 30.5 Å². The molecule has 0 heterocycles. The van der Waals surface area contributed by atoms with Crippen molar-refractivity contribution in [2.45, 2.75) is 24.9 Å². The first-order valence-electron chi connectivity index (χ1n) is 5.05. The maximum atomic E-state index is 12.7. The van der Waals surface area contributed by atoms with Crippen LogP contribution in [0.2, 0.25) is 0 Å². The first-order chi connectivity index (χ1) is 7.22. The van der Waals surface area contributed by atoms with Gasteiger partial charge in [-0.15, -0.1) is 0 Å². The van der Waals surface area contributed by atoms with E-state index in [1.54, 1.807) is 12.1 Å². The Bertz CT molecular complexity index is 382. The summed E-state index contributed by atoms with van der Waals surface area (Å²) in [6, 6.07) is 8.25. The summed E-state index contributed by atoms with van der Waals surface area (Å²) in [4.78, 5) is 0. The van der Waals surface area contributed by atoms with E-state index in [2.05, 4.69) is 6.07 Å². The lowest BCUT2D eigenvalue weighted by molar-refractivity contribution is 0.159. The van der Waals surface area contributed by atoms with Crippen molar-refractivity contribution < 1.29 is 9.50 Å². The molecule has 1 aliphatic rings. The van der Waals surface area contributed by atoms with Crippen molar-refractivity contribution in [1.29, 1.82) is 5.26 Å². The van der Waals surface area contributed by atoms with Crippen LogP contribution in [0.15, 0.2) is 24.3 Å². The first-order valence-corrected chi connectivity index (χ1v) is 5.05. The van der Waals surface area contributed by atoms with Gasteiger partial charge in [0, 0.05) is 5.92 Å². The van der Waals surface area contributed by atoms with Gasteiger partial charge in [-0.1, -0.05) is 12.1 Å². The van der Waals surface area contributed by atoms with E-state index in [0.29, 0.717) is 6.42 Å². The summed E-state index contributed by atoms with van der Waals surface area (Å²) in [7, 11) is 0. The van der Waals surface area contributed by atoms with Gasteiger partial charge in [0.15, 0.2) is 0 Å². The Hall–Kier alpha value is -1.40. The minimum absolute atomic E-state index is 0.148. The molecule has 3 heteroatoms. The molecule has 0 saturated heterocycles. The van der Waals surface area contributed by atoms with E-state index < -0.39 is 6.10 Å². The van der Waals surface area contributed by atoms with Crippen LogP contribution in [0.25, 0.3) is 0 Å². The van der Waals surface area contributed by atoms with Gasteiger partial charge in [-0.25, -0.2) is 4.39 Å². The highest BCUT2D eigenvalue weighted by atomic mass is 19.1. The molecule has 0 amide bonds. The molecule has 1 aromatic rings. The van der Waals surface area contributed by atoms with Crippen molar-refractivity contribution in [3.63, 3.8) is 0 Å². The number of rotatable bonds is 1. The minimum Gasteiger partial charge on any atom is -0.392 e. The van der Waals surface area contributed by atoms with E-state index in [-0.39, 0.29) is 17.7 Å².